The van der Waals surface area contributed by atoms with Gasteiger partial charge in [0.25, 0.3) is 0 Å². The molecule has 1 aromatic carbocycles. The molecule has 0 radical (unpaired) electrons. The number of pyridine rings is 1. The van der Waals surface area contributed by atoms with Gasteiger partial charge in [-0.2, -0.15) is 5.10 Å². The standard InChI is InChI=1S/C24H25FN6O/c1-17-3-2-4-22(28-17)24-20(14-27-29-24)18-5-6-21(25)19(13-18)23-15-31(16-26-23)8-7-30-9-11-32-12-10-30/h2-6,13-16H,7-12H2,1H3,(H,27,29). The van der Waals surface area contributed by atoms with Crippen LogP contribution in [-0.4, -0.2) is 62.5 Å². The SMILES string of the molecule is Cc1cccc(-c2[nH]ncc2-c2ccc(F)c(-c3cn(CCN4CCOCC4)cn3)c2)n1. The van der Waals surface area contributed by atoms with Crippen LogP contribution in [0.15, 0.2) is 55.1 Å². The number of rotatable bonds is 6. The van der Waals surface area contributed by atoms with E-state index < -0.39 is 0 Å². The van der Waals surface area contributed by atoms with Crippen LogP contribution >= 0.6 is 0 Å². The molecule has 0 aliphatic carbocycles. The number of aromatic amines is 1. The number of nitrogens with zero attached hydrogens (tertiary/aromatic N) is 5. The van der Waals surface area contributed by atoms with Crippen LogP contribution in [0.4, 0.5) is 4.39 Å². The molecule has 1 N–H and O–H groups in total. The molecule has 4 aromatic rings. The number of halogens is 1. The van der Waals surface area contributed by atoms with E-state index in [0.717, 1.165) is 67.6 Å². The second-order valence-corrected chi connectivity index (χ2v) is 7.97. The summed E-state index contributed by atoms with van der Waals surface area (Å²) in [7, 11) is 0. The van der Waals surface area contributed by atoms with Crippen LogP contribution in [0.5, 0.6) is 0 Å². The number of aryl methyl sites for hydroxylation is 1. The third-order valence-corrected chi connectivity index (χ3v) is 5.75. The molecule has 4 heterocycles. The number of hydrogen-bond acceptors (Lipinski definition) is 5. The van der Waals surface area contributed by atoms with E-state index in [1.54, 1.807) is 18.6 Å². The van der Waals surface area contributed by atoms with E-state index in [1.165, 1.54) is 6.07 Å². The molecule has 1 fully saturated rings. The van der Waals surface area contributed by atoms with Crippen molar-refractivity contribution in [2.75, 3.05) is 32.8 Å². The molecule has 32 heavy (non-hydrogen) atoms. The molecule has 1 saturated heterocycles. The van der Waals surface area contributed by atoms with E-state index >= 15 is 0 Å². The lowest BCUT2D eigenvalue weighted by atomic mass is 10.0. The Bertz CT molecular complexity index is 1210. The number of hydrogen-bond donors (Lipinski definition) is 1. The van der Waals surface area contributed by atoms with Gasteiger partial charge < -0.3 is 9.30 Å². The van der Waals surface area contributed by atoms with Crippen molar-refractivity contribution in [3.63, 3.8) is 0 Å². The van der Waals surface area contributed by atoms with Crippen LogP contribution in [0.3, 0.4) is 0 Å². The van der Waals surface area contributed by atoms with E-state index in [0.29, 0.717) is 11.3 Å². The van der Waals surface area contributed by atoms with E-state index in [4.69, 9.17) is 4.74 Å². The van der Waals surface area contributed by atoms with Crippen molar-refractivity contribution in [2.45, 2.75) is 13.5 Å². The van der Waals surface area contributed by atoms with Gasteiger partial charge in [0.05, 0.1) is 42.8 Å². The van der Waals surface area contributed by atoms with Crippen molar-refractivity contribution in [1.82, 2.24) is 29.6 Å². The van der Waals surface area contributed by atoms with Crippen LogP contribution in [0.2, 0.25) is 0 Å². The Morgan fingerprint density at radius 2 is 1.94 bits per heavy atom. The molecule has 5 rings (SSSR count). The number of ether oxygens (including phenoxy) is 1. The van der Waals surface area contributed by atoms with Gasteiger partial charge in [0.1, 0.15) is 5.82 Å². The zero-order valence-electron chi connectivity index (χ0n) is 18.0. The van der Waals surface area contributed by atoms with Crippen molar-refractivity contribution in [3.8, 4) is 33.8 Å². The number of nitrogens with one attached hydrogen (secondary N) is 1. The lowest BCUT2D eigenvalue weighted by molar-refractivity contribution is 0.0364. The quantitative estimate of drug-likeness (QED) is 0.502. The summed E-state index contributed by atoms with van der Waals surface area (Å²) in [4.78, 5) is 11.4. The molecule has 7 nitrogen and oxygen atoms in total. The van der Waals surface area contributed by atoms with Gasteiger partial charge in [-0.25, -0.2) is 9.37 Å². The third kappa shape index (κ3) is 4.32. The van der Waals surface area contributed by atoms with Gasteiger partial charge >= 0.3 is 0 Å². The first-order valence-corrected chi connectivity index (χ1v) is 10.8. The summed E-state index contributed by atoms with van der Waals surface area (Å²) in [5.41, 5.74) is 5.35. The second kappa shape index (κ2) is 9.02. The van der Waals surface area contributed by atoms with Crippen LogP contribution in [-0.2, 0) is 11.3 Å². The highest BCUT2D eigenvalue weighted by molar-refractivity contribution is 5.81. The fraction of sp³-hybridized carbons (Fsp3) is 0.292. The molecule has 3 aromatic heterocycles. The highest BCUT2D eigenvalue weighted by atomic mass is 19.1. The van der Waals surface area contributed by atoms with Crippen molar-refractivity contribution in [2.24, 2.45) is 0 Å². The summed E-state index contributed by atoms with van der Waals surface area (Å²) < 4.78 is 22.2. The smallest absolute Gasteiger partial charge is 0.132 e. The lowest BCUT2D eigenvalue weighted by Gasteiger charge is -2.26. The average Bonchev–Trinajstić information content (AvgIpc) is 3.49. The van der Waals surface area contributed by atoms with E-state index in [1.807, 2.05) is 42.0 Å². The molecule has 164 valence electrons. The first kappa shape index (κ1) is 20.5. The van der Waals surface area contributed by atoms with Crippen LogP contribution in [0.1, 0.15) is 5.69 Å². The third-order valence-electron chi connectivity index (χ3n) is 5.75. The van der Waals surface area contributed by atoms with Crippen LogP contribution in [0.25, 0.3) is 33.8 Å². The van der Waals surface area contributed by atoms with Crippen molar-refractivity contribution in [3.05, 3.63) is 66.6 Å². The number of benzene rings is 1. The number of imidazole rings is 1. The van der Waals surface area contributed by atoms with E-state index in [9.17, 15) is 4.39 Å². The normalized spacial score (nSPS) is 14.7. The second-order valence-electron chi connectivity index (χ2n) is 7.97. The first-order chi connectivity index (χ1) is 15.7. The molecular formula is C24H25FN6O. The molecule has 8 heteroatoms. The summed E-state index contributed by atoms with van der Waals surface area (Å²) in [5.74, 6) is -0.300. The van der Waals surface area contributed by atoms with Gasteiger partial charge in [-0.1, -0.05) is 12.1 Å². The maximum atomic E-state index is 14.8. The fourth-order valence-corrected chi connectivity index (χ4v) is 3.97. The van der Waals surface area contributed by atoms with Gasteiger partial charge in [-0.3, -0.25) is 15.0 Å². The summed E-state index contributed by atoms with van der Waals surface area (Å²) in [6.07, 6.45) is 5.42. The molecular weight excluding hydrogens is 407 g/mol. The summed E-state index contributed by atoms with van der Waals surface area (Å²) in [6.45, 7) is 7.12. The highest BCUT2D eigenvalue weighted by Crippen LogP contribution is 2.33. The Morgan fingerprint density at radius 1 is 1.06 bits per heavy atom. The predicted molar refractivity (Wildman–Crippen MR) is 120 cm³/mol. The Hall–Kier alpha value is -3.36. The topological polar surface area (TPSA) is 71.9 Å². The molecule has 0 atom stereocenters. The molecule has 0 bridgehead atoms. The van der Waals surface area contributed by atoms with Gasteiger partial charge in [-0.05, 0) is 36.8 Å². The summed E-state index contributed by atoms with van der Waals surface area (Å²) in [5, 5.41) is 7.24. The van der Waals surface area contributed by atoms with Gasteiger partial charge in [0, 0.05) is 49.2 Å². The van der Waals surface area contributed by atoms with E-state index in [-0.39, 0.29) is 5.82 Å². The number of morpholine rings is 1. The maximum absolute atomic E-state index is 14.8. The van der Waals surface area contributed by atoms with Gasteiger partial charge in [0.2, 0.25) is 0 Å². The Morgan fingerprint density at radius 3 is 2.78 bits per heavy atom. The zero-order chi connectivity index (χ0) is 21.9. The molecule has 1 aliphatic heterocycles. The molecule has 1 aliphatic rings. The van der Waals surface area contributed by atoms with Crippen molar-refractivity contribution < 1.29 is 9.13 Å². The van der Waals surface area contributed by atoms with Crippen molar-refractivity contribution >= 4 is 0 Å². The monoisotopic (exact) mass is 432 g/mol. The lowest BCUT2D eigenvalue weighted by Crippen LogP contribution is -2.38. The zero-order valence-corrected chi connectivity index (χ0v) is 18.0. The first-order valence-electron chi connectivity index (χ1n) is 10.8. The number of aromatic nitrogens is 5. The van der Waals surface area contributed by atoms with E-state index in [2.05, 4.69) is 25.1 Å². The molecule has 0 spiro atoms. The molecule has 0 saturated carbocycles. The molecule has 0 unspecified atom stereocenters. The highest BCUT2D eigenvalue weighted by Gasteiger charge is 2.16. The van der Waals surface area contributed by atoms with Crippen LogP contribution < -0.4 is 0 Å². The van der Waals surface area contributed by atoms with Gasteiger partial charge in [0.15, 0.2) is 0 Å². The summed E-state index contributed by atoms with van der Waals surface area (Å²) in [6, 6.07) is 10.9. The Labute approximate surface area is 185 Å². The molecule has 0 amide bonds. The van der Waals surface area contributed by atoms with Gasteiger partial charge in [-0.15, -0.1) is 0 Å². The largest absolute Gasteiger partial charge is 0.379 e. The van der Waals surface area contributed by atoms with Crippen molar-refractivity contribution in [1.29, 1.82) is 0 Å². The maximum Gasteiger partial charge on any atom is 0.132 e. The summed E-state index contributed by atoms with van der Waals surface area (Å²) >= 11 is 0. The Balaban J connectivity index is 1.40. The number of H-pyrrole nitrogens is 1. The minimum Gasteiger partial charge on any atom is -0.379 e. The van der Waals surface area contributed by atoms with Crippen LogP contribution in [0, 0.1) is 12.7 Å². The predicted octanol–water partition coefficient (Wildman–Crippen LogP) is 3.78. The minimum atomic E-state index is -0.300. The Kier molecular flexibility index (Phi) is 5.79. The fourth-order valence-electron chi connectivity index (χ4n) is 3.97. The average molecular weight is 433 g/mol. The minimum absolute atomic E-state index is 0.300.